The van der Waals surface area contributed by atoms with Crippen molar-refractivity contribution in [3.63, 3.8) is 0 Å². The number of hydrogen-bond acceptors (Lipinski definition) is 5. The van der Waals surface area contributed by atoms with Gasteiger partial charge >= 0.3 is 0 Å². The Bertz CT molecular complexity index is 664. The first-order valence-electron chi connectivity index (χ1n) is 8.20. The highest BCUT2D eigenvalue weighted by Gasteiger charge is 2.35. The van der Waals surface area contributed by atoms with Crippen LogP contribution in [0.1, 0.15) is 24.2 Å². The van der Waals surface area contributed by atoms with Gasteiger partial charge in [-0.15, -0.1) is 12.4 Å². The van der Waals surface area contributed by atoms with Crippen LogP contribution in [0.25, 0.3) is 0 Å². The third kappa shape index (κ3) is 4.72. The van der Waals surface area contributed by atoms with Crippen LogP contribution in [0.5, 0.6) is 0 Å². The molecule has 10 heteroatoms. The van der Waals surface area contributed by atoms with Gasteiger partial charge in [0.25, 0.3) is 0 Å². The summed E-state index contributed by atoms with van der Waals surface area (Å²) in [5, 5.41) is 9.71. The van der Waals surface area contributed by atoms with Crippen LogP contribution in [-0.4, -0.2) is 74.0 Å². The summed E-state index contributed by atoms with van der Waals surface area (Å²) in [5.41, 5.74) is 1.04. The Morgan fingerprint density at radius 2 is 1.96 bits per heavy atom. The molecule has 8 nitrogen and oxygen atoms in total. The van der Waals surface area contributed by atoms with Crippen LogP contribution in [-0.2, 0) is 14.8 Å². The Balaban J connectivity index is 0.00000312. The lowest BCUT2D eigenvalue weighted by Gasteiger charge is -2.32. The zero-order valence-corrected chi connectivity index (χ0v) is 16.8. The summed E-state index contributed by atoms with van der Waals surface area (Å²) < 4.78 is 27.1. The lowest BCUT2D eigenvalue weighted by Crippen LogP contribution is -2.44. The highest BCUT2D eigenvalue weighted by Crippen LogP contribution is 2.27. The number of carbonyl (C=O) groups is 1. The summed E-state index contributed by atoms with van der Waals surface area (Å²) in [5.74, 6) is -0.0113. The molecule has 1 saturated heterocycles. The molecule has 0 aliphatic carbocycles. The largest absolute Gasteiger partial charge is 0.344 e. The van der Waals surface area contributed by atoms with E-state index in [9.17, 15) is 13.2 Å². The van der Waals surface area contributed by atoms with Crippen LogP contribution in [0.4, 0.5) is 0 Å². The third-order valence-electron chi connectivity index (χ3n) is 4.53. The third-order valence-corrected chi connectivity index (χ3v) is 6.70. The van der Waals surface area contributed by atoms with Crippen LogP contribution in [0.2, 0.25) is 0 Å². The molecule has 2 N–H and O–H groups in total. The van der Waals surface area contributed by atoms with Crippen LogP contribution in [0.3, 0.4) is 0 Å². The first-order chi connectivity index (χ1) is 11.3. The van der Waals surface area contributed by atoms with Gasteiger partial charge in [-0.1, -0.05) is 0 Å². The maximum absolute atomic E-state index is 12.8. The molecule has 0 spiro atoms. The molecular formula is C15H28ClN5O3S. The average molecular weight is 394 g/mol. The molecule has 1 aromatic heterocycles. The van der Waals surface area contributed by atoms with E-state index in [1.807, 2.05) is 7.05 Å². The normalized spacial score (nSPS) is 16.5. The van der Waals surface area contributed by atoms with E-state index in [1.54, 1.807) is 25.8 Å². The van der Waals surface area contributed by atoms with Crippen molar-refractivity contribution < 1.29 is 13.2 Å². The number of hydrogen-bond donors (Lipinski definition) is 2. The van der Waals surface area contributed by atoms with Crippen LogP contribution >= 0.6 is 12.4 Å². The van der Waals surface area contributed by atoms with Crippen molar-refractivity contribution in [1.29, 1.82) is 0 Å². The van der Waals surface area contributed by atoms with E-state index in [2.05, 4.69) is 15.5 Å². The first kappa shape index (κ1) is 21.9. The number of rotatable bonds is 6. The van der Waals surface area contributed by atoms with Gasteiger partial charge in [-0.25, -0.2) is 8.42 Å². The summed E-state index contributed by atoms with van der Waals surface area (Å²) in [6.07, 6.45) is 1.11. The second-order valence-electron chi connectivity index (χ2n) is 6.30. The van der Waals surface area contributed by atoms with Gasteiger partial charge in [0, 0.05) is 39.1 Å². The second kappa shape index (κ2) is 8.98. The van der Waals surface area contributed by atoms with Gasteiger partial charge in [0.15, 0.2) is 0 Å². The van der Waals surface area contributed by atoms with Gasteiger partial charge < -0.3 is 10.2 Å². The number of halogens is 1. The number of nitrogens with one attached hydrogen (secondary N) is 2. The zero-order valence-electron chi connectivity index (χ0n) is 15.2. The molecule has 2 heterocycles. The number of nitrogens with zero attached hydrogens (tertiary/aromatic N) is 3. The quantitative estimate of drug-likeness (QED) is 0.734. The van der Waals surface area contributed by atoms with E-state index in [0.717, 1.165) is 6.54 Å². The highest BCUT2D eigenvalue weighted by molar-refractivity contribution is 7.89. The number of likely N-dealkylation sites (N-methyl/N-ethyl adjacent to an activating group) is 2. The molecule has 1 fully saturated rings. The number of piperidine rings is 1. The standard InChI is InChI=1S/C15H27N5O3S.ClH/c1-11-14(12(2)18-17-11)24(22,23)20-8-5-13(6-9-20)15(21)19(4)10-7-16-3;/h13,16H,5-10H2,1-4H3,(H,17,18);1H. The average Bonchev–Trinajstić information content (AvgIpc) is 2.91. The maximum atomic E-state index is 12.8. The van der Waals surface area contributed by atoms with Gasteiger partial charge in [-0.2, -0.15) is 9.40 Å². The van der Waals surface area contributed by atoms with Crippen molar-refractivity contribution in [3.05, 3.63) is 11.4 Å². The summed E-state index contributed by atoms with van der Waals surface area (Å²) in [4.78, 5) is 14.4. The number of aryl methyl sites for hydroxylation is 2. The van der Waals surface area contributed by atoms with Crippen molar-refractivity contribution in [2.24, 2.45) is 5.92 Å². The van der Waals surface area contributed by atoms with E-state index in [-0.39, 0.29) is 29.1 Å². The van der Waals surface area contributed by atoms with Gasteiger partial charge in [-0.3, -0.25) is 9.89 Å². The van der Waals surface area contributed by atoms with E-state index in [0.29, 0.717) is 43.9 Å². The van der Waals surface area contributed by atoms with Gasteiger partial charge in [0.2, 0.25) is 15.9 Å². The van der Waals surface area contributed by atoms with Crippen molar-refractivity contribution >= 4 is 28.3 Å². The molecule has 0 unspecified atom stereocenters. The summed E-state index contributed by atoms with van der Waals surface area (Å²) in [6, 6.07) is 0. The van der Waals surface area contributed by atoms with E-state index in [4.69, 9.17) is 0 Å². The summed E-state index contributed by atoms with van der Waals surface area (Å²) in [6.45, 7) is 5.52. The topological polar surface area (TPSA) is 98.4 Å². The van der Waals surface area contributed by atoms with Crippen molar-refractivity contribution in [2.45, 2.75) is 31.6 Å². The van der Waals surface area contributed by atoms with Gasteiger partial charge in [-0.05, 0) is 33.7 Å². The summed E-state index contributed by atoms with van der Waals surface area (Å²) in [7, 11) is 0.0824. The molecular weight excluding hydrogens is 366 g/mol. The van der Waals surface area contributed by atoms with Crippen LogP contribution < -0.4 is 5.32 Å². The Hall–Kier alpha value is -1.16. The predicted molar refractivity (Wildman–Crippen MR) is 98.4 cm³/mol. The van der Waals surface area contributed by atoms with Crippen molar-refractivity contribution in [1.82, 2.24) is 24.7 Å². The molecule has 0 atom stereocenters. The number of amides is 1. The molecule has 1 aliphatic rings. The van der Waals surface area contributed by atoms with Crippen molar-refractivity contribution in [2.75, 3.05) is 40.3 Å². The Morgan fingerprint density at radius 3 is 2.44 bits per heavy atom. The molecule has 0 aromatic carbocycles. The fourth-order valence-corrected chi connectivity index (χ4v) is 4.90. The minimum absolute atomic E-state index is 0. The molecule has 0 radical (unpaired) electrons. The smallest absolute Gasteiger partial charge is 0.246 e. The van der Waals surface area contributed by atoms with E-state index < -0.39 is 10.0 Å². The Labute approximate surface area is 155 Å². The zero-order chi connectivity index (χ0) is 17.9. The fourth-order valence-electron chi connectivity index (χ4n) is 3.09. The second-order valence-corrected chi connectivity index (χ2v) is 8.18. The molecule has 0 saturated carbocycles. The van der Waals surface area contributed by atoms with Crippen LogP contribution in [0.15, 0.2) is 4.90 Å². The highest BCUT2D eigenvalue weighted by atomic mass is 35.5. The molecule has 1 aromatic rings. The molecule has 1 amide bonds. The molecule has 1 aliphatic heterocycles. The molecule has 144 valence electrons. The van der Waals surface area contributed by atoms with E-state index >= 15 is 0 Å². The predicted octanol–water partition coefficient (Wildman–Crippen LogP) is 0.527. The fraction of sp³-hybridized carbons (Fsp3) is 0.733. The number of H-pyrrole nitrogens is 1. The first-order valence-corrected chi connectivity index (χ1v) is 9.64. The molecule has 25 heavy (non-hydrogen) atoms. The SMILES string of the molecule is CNCCN(C)C(=O)C1CCN(S(=O)(=O)c2c(C)n[nH]c2C)CC1.Cl. The van der Waals surface area contributed by atoms with E-state index in [1.165, 1.54) is 4.31 Å². The Kier molecular flexibility index (Phi) is 7.86. The molecule has 0 bridgehead atoms. The summed E-state index contributed by atoms with van der Waals surface area (Å²) >= 11 is 0. The van der Waals surface area contributed by atoms with Gasteiger partial charge in [0.05, 0.1) is 11.4 Å². The lowest BCUT2D eigenvalue weighted by atomic mass is 9.97. The number of carbonyl (C=O) groups excluding carboxylic acids is 1. The Morgan fingerprint density at radius 1 is 1.36 bits per heavy atom. The monoisotopic (exact) mass is 393 g/mol. The van der Waals surface area contributed by atoms with Crippen LogP contribution in [0, 0.1) is 19.8 Å². The lowest BCUT2D eigenvalue weighted by molar-refractivity contribution is -0.135. The number of aromatic amines is 1. The minimum Gasteiger partial charge on any atom is -0.344 e. The van der Waals surface area contributed by atoms with Gasteiger partial charge in [0.1, 0.15) is 4.90 Å². The number of aromatic nitrogens is 2. The van der Waals surface area contributed by atoms with Crippen molar-refractivity contribution in [3.8, 4) is 0 Å². The maximum Gasteiger partial charge on any atom is 0.246 e. The minimum atomic E-state index is -3.56. The molecule has 2 rings (SSSR count). The number of sulfonamides is 1.